The van der Waals surface area contributed by atoms with Crippen molar-refractivity contribution in [2.24, 2.45) is 5.92 Å². The van der Waals surface area contributed by atoms with Gasteiger partial charge in [-0.05, 0) is 64.7 Å². The fraction of sp³-hybridized carbons (Fsp3) is 1.00. The molecule has 2 unspecified atom stereocenters. The molecule has 0 aromatic rings. The number of piperidine rings is 1. The van der Waals surface area contributed by atoms with Crippen molar-refractivity contribution in [3.05, 3.63) is 0 Å². The maximum absolute atomic E-state index is 11.4. The van der Waals surface area contributed by atoms with E-state index < -0.39 is 9.84 Å². The number of hydrogen-bond donors (Lipinski definition) is 1. The molecule has 2 saturated heterocycles. The summed E-state index contributed by atoms with van der Waals surface area (Å²) in [5, 5.41) is 3.45. The number of nitrogens with zero attached hydrogens (tertiary/aromatic N) is 1. The average molecular weight is 274 g/mol. The van der Waals surface area contributed by atoms with Crippen molar-refractivity contribution in [3.63, 3.8) is 0 Å². The van der Waals surface area contributed by atoms with Crippen molar-refractivity contribution in [1.29, 1.82) is 0 Å². The standard InChI is InChI=1S/C13H26N2O2S/c1-15(13-6-9-18(16,17)11-13)8-3-5-12-4-2-7-14-10-12/h12-14H,2-11H2,1H3. The minimum absolute atomic E-state index is 0.263. The Kier molecular flexibility index (Phi) is 5.04. The Labute approximate surface area is 111 Å². The zero-order valence-electron chi connectivity index (χ0n) is 11.4. The Morgan fingerprint density at radius 1 is 1.33 bits per heavy atom. The van der Waals surface area contributed by atoms with Gasteiger partial charge in [-0.25, -0.2) is 8.42 Å². The molecular weight excluding hydrogens is 248 g/mol. The molecule has 0 radical (unpaired) electrons. The van der Waals surface area contributed by atoms with Crippen LogP contribution >= 0.6 is 0 Å². The van der Waals surface area contributed by atoms with Gasteiger partial charge in [0.15, 0.2) is 9.84 Å². The minimum Gasteiger partial charge on any atom is -0.316 e. The van der Waals surface area contributed by atoms with Gasteiger partial charge in [-0.2, -0.15) is 0 Å². The molecule has 0 amide bonds. The van der Waals surface area contributed by atoms with Crippen LogP contribution in [0.1, 0.15) is 32.1 Å². The van der Waals surface area contributed by atoms with Crippen LogP contribution in [0.25, 0.3) is 0 Å². The topological polar surface area (TPSA) is 49.4 Å². The molecule has 2 aliphatic heterocycles. The highest BCUT2D eigenvalue weighted by Gasteiger charge is 2.30. The van der Waals surface area contributed by atoms with E-state index in [1.165, 1.54) is 38.8 Å². The number of sulfone groups is 1. The molecule has 18 heavy (non-hydrogen) atoms. The lowest BCUT2D eigenvalue weighted by Gasteiger charge is -2.26. The fourth-order valence-corrected chi connectivity index (χ4v) is 4.91. The highest BCUT2D eigenvalue weighted by atomic mass is 32.2. The van der Waals surface area contributed by atoms with Crippen LogP contribution in [0.15, 0.2) is 0 Å². The molecular formula is C13H26N2O2S. The van der Waals surface area contributed by atoms with Crippen molar-refractivity contribution in [2.75, 3.05) is 38.2 Å². The van der Waals surface area contributed by atoms with Crippen LogP contribution in [0.3, 0.4) is 0 Å². The first-order valence-corrected chi connectivity index (χ1v) is 9.00. The summed E-state index contributed by atoms with van der Waals surface area (Å²) in [5.41, 5.74) is 0. The minimum atomic E-state index is -2.74. The van der Waals surface area contributed by atoms with Gasteiger partial charge in [0.25, 0.3) is 0 Å². The van der Waals surface area contributed by atoms with Gasteiger partial charge in [0.1, 0.15) is 0 Å². The van der Waals surface area contributed by atoms with Crippen LogP contribution in [0.4, 0.5) is 0 Å². The first-order valence-electron chi connectivity index (χ1n) is 7.18. The highest BCUT2D eigenvalue weighted by Crippen LogP contribution is 2.19. The molecule has 0 saturated carbocycles. The van der Waals surface area contributed by atoms with Crippen LogP contribution < -0.4 is 5.32 Å². The van der Waals surface area contributed by atoms with Crippen molar-refractivity contribution in [3.8, 4) is 0 Å². The van der Waals surface area contributed by atoms with E-state index in [1.807, 2.05) is 0 Å². The van der Waals surface area contributed by atoms with Gasteiger partial charge < -0.3 is 10.2 Å². The zero-order chi connectivity index (χ0) is 13.0. The maximum atomic E-state index is 11.4. The Morgan fingerprint density at radius 2 is 2.17 bits per heavy atom. The Balaban J connectivity index is 1.64. The summed E-state index contributed by atoms with van der Waals surface area (Å²) in [6, 6.07) is 0.263. The van der Waals surface area contributed by atoms with Gasteiger partial charge >= 0.3 is 0 Å². The normalized spacial score (nSPS) is 31.9. The largest absolute Gasteiger partial charge is 0.316 e. The van der Waals surface area contributed by atoms with Crippen LogP contribution in [0.2, 0.25) is 0 Å². The van der Waals surface area contributed by atoms with Gasteiger partial charge in [0, 0.05) is 6.04 Å². The van der Waals surface area contributed by atoms with Crippen LogP contribution in [-0.2, 0) is 9.84 Å². The van der Waals surface area contributed by atoms with Gasteiger partial charge in [-0.1, -0.05) is 0 Å². The smallest absolute Gasteiger partial charge is 0.151 e. The van der Waals surface area contributed by atoms with Crippen molar-refractivity contribution >= 4 is 9.84 Å². The van der Waals surface area contributed by atoms with E-state index >= 15 is 0 Å². The van der Waals surface area contributed by atoms with E-state index in [0.29, 0.717) is 11.5 Å². The predicted molar refractivity (Wildman–Crippen MR) is 74.5 cm³/mol. The summed E-state index contributed by atoms with van der Waals surface area (Å²) in [5.74, 6) is 1.59. The van der Waals surface area contributed by atoms with Gasteiger partial charge in [0.05, 0.1) is 11.5 Å². The van der Waals surface area contributed by atoms with Crippen LogP contribution in [0.5, 0.6) is 0 Å². The second-order valence-corrected chi connectivity index (χ2v) is 8.12. The summed E-state index contributed by atoms with van der Waals surface area (Å²) < 4.78 is 22.9. The third kappa shape index (κ3) is 4.21. The van der Waals surface area contributed by atoms with Crippen LogP contribution in [-0.4, -0.2) is 57.5 Å². The summed E-state index contributed by atoms with van der Waals surface area (Å²) in [6.45, 7) is 3.38. The van der Waals surface area contributed by atoms with Crippen molar-refractivity contribution in [2.45, 2.75) is 38.1 Å². The van der Waals surface area contributed by atoms with Gasteiger partial charge in [0.2, 0.25) is 0 Å². The van der Waals surface area contributed by atoms with E-state index in [2.05, 4.69) is 17.3 Å². The van der Waals surface area contributed by atoms with E-state index in [4.69, 9.17) is 0 Å². The molecule has 2 rings (SSSR count). The first kappa shape index (κ1) is 14.3. The molecule has 1 N–H and O–H groups in total. The Hall–Kier alpha value is -0.130. The second kappa shape index (κ2) is 6.35. The number of hydrogen-bond acceptors (Lipinski definition) is 4. The molecule has 2 fully saturated rings. The monoisotopic (exact) mass is 274 g/mol. The summed E-state index contributed by atoms with van der Waals surface area (Å²) in [7, 11) is -0.664. The molecule has 2 heterocycles. The molecule has 2 aliphatic rings. The Bertz CT molecular complexity index is 350. The molecule has 4 nitrogen and oxygen atoms in total. The SMILES string of the molecule is CN(CCCC1CCCNC1)C1CCS(=O)(=O)C1. The summed E-state index contributed by atoms with van der Waals surface area (Å²) in [6.07, 6.45) is 5.95. The Morgan fingerprint density at radius 3 is 2.78 bits per heavy atom. The second-order valence-electron chi connectivity index (χ2n) is 5.89. The molecule has 0 aromatic heterocycles. The number of rotatable bonds is 5. The predicted octanol–water partition coefficient (Wildman–Crippen LogP) is 0.885. The molecule has 106 valence electrons. The highest BCUT2D eigenvalue weighted by molar-refractivity contribution is 7.91. The van der Waals surface area contributed by atoms with Gasteiger partial charge in [-0.3, -0.25) is 0 Å². The summed E-state index contributed by atoms with van der Waals surface area (Å²) in [4.78, 5) is 2.25. The summed E-state index contributed by atoms with van der Waals surface area (Å²) >= 11 is 0. The molecule has 2 atom stereocenters. The lowest BCUT2D eigenvalue weighted by molar-refractivity contribution is 0.243. The lowest BCUT2D eigenvalue weighted by atomic mass is 9.94. The fourth-order valence-electron chi connectivity index (χ4n) is 3.11. The average Bonchev–Trinajstić information content (AvgIpc) is 2.71. The van der Waals surface area contributed by atoms with E-state index in [1.54, 1.807) is 0 Å². The molecule has 0 spiro atoms. The van der Waals surface area contributed by atoms with Crippen LogP contribution in [0, 0.1) is 5.92 Å². The number of nitrogens with one attached hydrogen (secondary N) is 1. The van der Waals surface area contributed by atoms with Crippen molar-refractivity contribution in [1.82, 2.24) is 10.2 Å². The third-order valence-corrected chi connectivity index (χ3v) is 6.10. The molecule has 0 aromatic carbocycles. The lowest BCUT2D eigenvalue weighted by Crippen LogP contribution is -2.34. The molecule has 0 aliphatic carbocycles. The third-order valence-electron chi connectivity index (χ3n) is 4.35. The quantitative estimate of drug-likeness (QED) is 0.809. The molecule has 0 bridgehead atoms. The van der Waals surface area contributed by atoms with Crippen molar-refractivity contribution < 1.29 is 8.42 Å². The van der Waals surface area contributed by atoms with E-state index in [9.17, 15) is 8.42 Å². The van der Waals surface area contributed by atoms with E-state index in [-0.39, 0.29) is 6.04 Å². The maximum Gasteiger partial charge on any atom is 0.151 e. The molecule has 5 heteroatoms. The zero-order valence-corrected chi connectivity index (χ0v) is 12.2. The van der Waals surface area contributed by atoms with Gasteiger partial charge in [-0.15, -0.1) is 0 Å². The first-order chi connectivity index (χ1) is 8.57. The van der Waals surface area contributed by atoms with E-state index in [0.717, 1.165) is 18.9 Å².